The van der Waals surface area contributed by atoms with Crippen molar-refractivity contribution in [2.45, 2.75) is 19.5 Å². The zero-order valence-electron chi connectivity index (χ0n) is 16.2. The van der Waals surface area contributed by atoms with Crippen molar-refractivity contribution in [3.8, 4) is 10.6 Å². The summed E-state index contributed by atoms with van der Waals surface area (Å²) in [7, 11) is 0. The Kier molecular flexibility index (Phi) is 6.61. The van der Waals surface area contributed by atoms with Crippen LogP contribution in [0.3, 0.4) is 0 Å². The van der Waals surface area contributed by atoms with Crippen LogP contribution in [0.5, 0.6) is 0 Å². The standard InChI is InChI=1S/C22H24N4O2S/c27-21(24-14-19-3-1-2-8-23-19)13-20-16-29-22(25-20)18-6-4-17(5-7-18)15-26-9-11-28-12-10-26/h1-8,16H,9-15H2,(H,24,27). The molecular weight excluding hydrogens is 384 g/mol. The third kappa shape index (κ3) is 5.69. The molecule has 7 heteroatoms. The summed E-state index contributed by atoms with van der Waals surface area (Å²) in [6, 6.07) is 14.2. The first-order chi connectivity index (χ1) is 14.3. The predicted octanol–water partition coefficient (Wildman–Crippen LogP) is 2.90. The minimum Gasteiger partial charge on any atom is -0.379 e. The maximum Gasteiger partial charge on any atom is 0.226 e. The molecule has 0 unspecified atom stereocenters. The monoisotopic (exact) mass is 408 g/mol. The van der Waals surface area contributed by atoms with Crippen molar-refractivity contribution in [2.75, 3.05) is 26.3 Å². The minimum absolute atomic E-state index is 0.0478. The lowest BCUT2D eigenvalue weighted by Crippen LogP contribution is -2.35. The van der Waals surface area contributed by atoms with Crippen LogP contribution in [0.2, 0.25) is 0 Å². The molecule has 1 aliphatic rings. The van der Waals surface area contributed by atoms with E-state index >= 15 is 0 Å². The van der Waals surface area contributed by atoms with Gasteiger partial charge in [-0.3, -0.25) is 14.7 Å². The molecule has 1 aliphatic heterocycles. The number of rotatable bonds is 7. The summed E-state index contributed by atoms with van der Waals surface area (Å²) >= 11 is 1.57. The van der Waals surface area contributed by atoms with Crippen LogP contribution in [0, 0.1) is 0 Å². The fourth-order valence-electron chi connectivity index (χ4n) is 3.21. The van der Waals surface area contributed by atoms with Crippen LogP contribution in [-0.2, 0) is 29.0 Å². The van der Waals surface area contributed by atoms with Gasteiger partial charge < -0.3 is 10.1 Å². The van der Waals surface area contributed by atoms with Crippen molar-refractivity contribution in [1.29, 1.82) is 0 Å². The van der Waals surface area contributed by atoms with Crippen molar-refractivity contribution >= 4 is 17.2 Å². The molecule has 1 aromatic carbocycles. The number of amides is 1. The summed E-state index contributed by atoms with van der Waals surface area (Å²) in [6.07, 6.45) is 2.00. The third-order valence-electron chi connectivity index (χ3n) is 4.80. The molecule has 3 heterocycles. The predicted molar refractivity (Wildman–Crippen MR) is 113 cm³/mol. The summed E-state index contributed by atoms with van der Waals surface area (Å²) in [4.78, 5) is 23.4. The van der Waals surface area contributed by atoms with E-state index in [2.05, 4.69) is 44.5 Å². The van der Waals surface area contributed by atoms with Crippen LogP contribution >= 0.6 is 11.3 Å². The number of pyridine rings is 1. The van der Waals surface area contributed by atoms with Gasteiger partial charge in [-0.15, -0.1) is 11.3 Å². The number of nitrogens with one attached hydrogen (secondary N) is 1. The summed E-state index contributed by atoms with van der Waals surface area (Å²) < 4.78 is 5.40. The van der Waals surface area contributed by atoms with E-state index in [1.165, 1.54) is 5.56 Å². The van der Waals surface area contributed by atoms with Crippen LogP contribution in [0.1, 0.15) is 17.0 Å². The Labute approximate surface area is 174 Å². The summed E-state index contributed by atoms with van der Waals surface area (Å²) in [5, 5.41) is 5.79. The largest absolute Gasteiger partial charge is 0.379 e. The molecule has 150 valence electrons. The summed E-state index contributed by atoms with van der Waals surface area (Å²) in [5.74, 6) is -0.0478. The van der Waals surface area contributed by atoms with Gasteiger partial charge in [-0.05, 0) is 17.7 Å². The van der Waals surface area contributed by atoms with Gasteiger partial charge in [0.2, 0.25) is 5.91 Å². The number of carbonyl (C=O) groups is 1. The molecule has 29 heavy (non-hydrogen) atoms. The highest BCUT2D eigenvalue weighted by atomic mass is 32.1. The molecule has 6 nitrogen and oxygen atoms in total. The van der Waals surface area contributed by atoms with E-state index in [0.717, 1.165) is 54.8 Å². The first-order valence-corrected chi connectivity index (χ1v) is 10.6. The Balaban J connectivity index is 1.30. The topological polar surface area (TPSA) is 67.4 Å². The lowest BCUT2D eigenvalue weighted by molar-refractivity contribution is -0.120. The first-order valence-electron chi connectivity index (χ1n) is 9.77. The van der Waals surface area contributed by atoms with Crippen molar-refractivity contribution < 1.29 is 9.53 Å². The Morgan fingerprint density at radius 3 is 2.69 bits per heavy atom. The number of carbonyl (C=O) groups excluding carboxylic acids is 1. The van der Waals surface area contributed by atoms with Crippen molar-refractivity contribution in [2.24, 2.45) is 0 Å². The van der Waals surface area contributed by atoms with E-state index in [1.54, 1.807) is 17.5 Å². The lowest BCUT2D eigenvalue weighted by Gasteiger charge is -2.26. The van der Waals surface area contributed by atoms with E-state index in [9.17, 15) is 4.79 Å². The molecule has 0 bridgehead atoms. The molecule has 0 saturated carbocycles. The van der Waals surface area contributed by atoms with Crippen LogP contribution in [-0.4, -0.2) is 47.1 Å². The van der Waals surface area contributed by atoms with Gasteiger partial charge in [0, 0.05) is 36.8 Å². The van der Waals surface area contributed by atoms with Gasteiger partial charge in [-0.2, -0.15) is 0 Å². The quantitative estimate of drug-likeness (QED) is 0.651. The van der Waals surface area contributed by atoms with E-state index < -0.39 is 0 Å². The number of hydrogen-bond acceptors (Lipinski definition) is 6. The smallest absolute Gasteiger partial charge is 0.226 e. The normalized spacial score (nSPS) is 14.6. The van der Waals surface area contributed by atoms with Gasteiger partial charge in [0.1, 0.15) is 5.01 Å². The van der Waals surface area contributed by atoms with Gasteiger partial charge in [0.05, 0.1) is 37.6 Å². The number of thiazole rings is 1. The van der Waals surface area contributed by atoms with Crippen LogP contribution in [0.25, 0.3) is 10.6 Å². The molecule has 2 aromatic heterocycles. The molecule has 0 radical (unpaired) electrons. The second-order valence-corrected chi connectivity index (χ2v) is 7.86. The number of nitrogens with zero attached hydrogens (tertiary/aromatic N) is 3. The minimum atomic E-state index is -0.0478. The number of aromatic nitrogens is 2. The fraction of sp³-hybridized carbons (Fsp3) is 0.318. The highest BCUT2D eigenvalue weighted by Gasteiger charge is 2.12. The van der Waals surface area contributed by atoms with Crippen molar-refractivity contribution in [3.05, 3.63) is 71.0 Å². The molecule has 1 fully saturated rings. The maximum atomic E-state index is 12.2. The van der Waals surface area contributed by atoms with Gasteiger partial charge in [0.25, 0.3) is 0 Å². The van der Waals surface area contributed by atoms with Crippen LogP contribution in [0.15, 0.2) is 54.0 Å². The Morgan fingerprint density at radius 1 is 1.10 bits per heavy atom. The zero-order valence-corrected chi connectivity index (χ0v) is 17.0. The van der Waals surface area contributed by atoms with E-state index in [-0.39, 0.29) is 12.3 Å². The second kappa shape index (κ2) is 9.73. The van der Waals surface area contributed by atoms with E-state index in [0.29, 0.717) is 6.54 Å². The number of hydrogen-bond donors (Lipinski definition) is 1. The maximum absolute atomic E-state index is 12.2. The number of benzene rings is 1. The average Bonchev–Trinajstić information content (AvgIpc) is 3.23. The van der Waals surface area contributed by atoms with Gasteiger partial charge in [0.15, 0.2) is 0 Å². The zero-order chi connectivity index (χ0) is 19.9. The highest BCUT2D eigenvalue weighted by Crippen LogP contribution is 2.24. The van der Waals surface area contributed by atoms with Gasteiger partial charge in [-0.25, -0.2) is 4.98 Å². The lowest BCUT2D eigenvalue weighted by atomic mass is 10.1. The second-order valence-electron chi connectivity index (χ2n) is 7.00. The van der Waals surface area contributed by atoms with Crippen molar-refractivity contribution in [3.63, 3.8) is 0 Å². The Hall–Kier alpha value is -2.61. The molecule has 1 N–H and O–H groups in total. The van der Waals surface area contributed by atoms with Crippen LogP contribution in [0.4, 0.5) is 0 Å². The molecule has 0 atom stereocenters. The fourth-order valence-corrected chi connectivity index (χ4v) is 4.04. The molecule has 1 saturated heterocycles. The molecule has 0 spiro atoms. The SMILES string of the molecule is O=C(Cc1csc(-c2ccc(CN3CCOCC3)cc2)n1)NCc1ccccn1. The van der Waals surface area contributed by atoms with Crippen molar-refractivity contribution in [1.82, 2.24) is 20.2 Å². The number of morpholine rings is 1. The Morgan fingerprint density at radius 2 is 1.93 bits per heavy atom. The summed E-state index contributed by atoms with van der Waals surface area (Å²) in [6.45, 7) is 4.98. The first kappa shape index (κ1) is 19.7. The molecular formula is C22H24N4O2S. The number of ether oxygens (including phenoxy) is 1. The third-order valence-corrected chi connectivity index (χ3v) is 5.74. The molecule has 4 rings (SSSR count). The highest BCUT2D eigenvalue weighted by molar-refractivity contribution is 7.13. The van der Waals surface area contributed by atoms with Gasteiger partial charge >= 0.3 is 0 Å². The van der Waals surface area contributed by atoms with Crippen LogP contribution < -0.4 is 5.32 Å². The average molecular weight is 409 g/mol. The summed E-state index contributed by atoms with van der Waals surface area (Å²) in [5.41, 5.74) is 4.01. The van der Waals surface area contributed by atoms with E-state index in [4.69, 9.17) is 4.74 Å². The van der Waals surface area contributed by atoms with Gasteiger partial charge in [-0.1, -0.05) is 30.3 Å². The Bertz CT molecular complexity index is 922. The molecule has 1 amide bonds. The van der Waals surface area contributed by atoms with E-state index in [1.807, 2.05) is 23.6 Å². The molecule has 3 aromatic rings. The molecule has 0 aliphatic carbocycles.